The van der Waals surface area contributed by atoms with Crippen molar-refractivity contribution in [2.75, 3.05) is 27.2 Å². The molecule has 3 heterocycles. The maximum atomic E-state index is 12.8. The summed E-state index contributed by atoms with van der Waals surface area (Å²) in [6.07, 6.45) is 3.91. The van der Waals surface area contributed by atoms with E-state index in [2.05, 4.69) is 24.8 Å². The van der Waals surface area contributed by atoms with Crippen LogP contribution in [0.5, 0.6) is 0 Å². The van der Waals surface area contributed by atoms with E-state index in [0.717, 1.165) is 6.42 Å². The number of rotatable bonds is 8. The lowest BCUT2D eigenvalue weighted by atomic mass is 9.97. The number of fused-ring (bicyclic) bond motifs is 4. The van der Waals surface area contributed by atoms with Gasteiger partial charge in [0, 0.05) is 19.7 Å². The molecule has 0 aromatic carbocycles. The van der Waals surface area contributed by atoms with Gasteiger partial charge in [-0.3, -0.25) is 14.2 Å². The molecule has 3 rings (SSSR count). The first-order valence-electron chi connectivity index (χ1n) is 8.93. The van der Waals surface area contributed by atoms with Gasteiger partial charge in [0.1, 0.15) is 24.5 Å². The van der Waals surface area contributed by atoms with Gasteiger partial charge in [0.05, 0.1) is 31.2 Å². The molecule has 0 aliphatic carbocycles. The number of urea groups is 1. The minimum absolute atomic E-state index is 0.145. The summed E-state index contributed by atoms with van der Waals surface area (Å²) in [6, 6.07) is -2.12. The maximum Gasteiger partial charge on any atom is 0.418 e. The fraction of sp³-hybridized carbons (Fsp3) is 0.600. The van der Waals surface area contributed by atoms with Gasteiger partial charge in [0.25, 0.3) is 0 Å². The van der Waals surface area contributed by atoms with Crippen molar-refractivity contribution in [1.82, 2.24) is 25.1 Å². The smallest absolute Gasteiger partial charge is 0.396 e. The van der Waals surface area contributed by atoms with Crippen LogP contribution < -0.4 is 5.32 Å². The van der Waals surface area contributed by atoms with Crippen molar-refractivity contribution in [3.63, 3.8) is 0 Å². The predicted molar refractivity (Wildman–Crippen MR) is 101 cm³/mol. The number of hydrogen-bond donors (Lipinski definition) is 2. The maximum absolute atomic E-state index is 12.8. The second-order valence-electron chi connectivity index (χ2n) is 6.33. The molecule has 2 atom stereocenters. The van der Waals surface area contributed by atoms with Crippen LogP contribution in [0.2, 0.25) is 0 Å². The highest BCUT2D eigenvalue weighted by Gasteiger charge is 2.53. The second-order valence-corrected chi connectivity index (χ2v) is 7.33. The Hall–Kier alpha value is -2.71. The Labute approximate surface area is 167 Å². The highest BCUT2D eigenvalue weighted by atomic mass is 32.3. The standard InChI is InChI=1S/C15H23N7O6S/c1-4-7-27-19-5-6-21-12-10(8-18-21)11-9-20(13(12)14(16-2)17-3)15(23)22(11)28-29(24,25)26/h5,8,11,13H,4,6-7,9H2,1-3H3,(H,16,17)(H,24,25,26)/b19-5+/t11-,13-/m0/s1. The lowest BCUT2D eigenvalue weighted by Crippen LogP contribution is -2.43. The van der Waals surface area contributed by atoms with Crippen LogP contribution in [0.15, 0.2) is 16.3 Å². The Morgan fingerprint density at radius 1 is 1.52 bits per heavy atom. The SMILES string of the molecule is CCCO/N=C/Cn1ncc2c1[C@@H](C(=NC)NC)N1C[C@@H]2N(OS(=O)(=O)O)C1=O. The van der Waals surface area contributed by atoms with Crippen molar-refractivity contribution >= 4 is 28.5 Å². The number of nitrogens with one attached hydrogen (secondary N) is 1. The molecule has 0 saturated carbocycles. The molecule has 29 heavy (non-hydrogen) atoms. The summed E-state index contributed by atoms with van der Waals surface area (Å²) in [5, 5.41) is 11.8. The van der Waals surface area contributed by atoms with Crippen LogP contribution in [0.25, 0.3) is 0 Å². The van der Waals surface area contributed by atoms with Crippen LogP contribution in [0, 0.1) is 0 Å². The molecule has 2 N–H and O–H groups in total. The van der Waals surface area contributed by atoms with Crippen LogP contribution in [0.3, 0.4) is 0 Å². The number of aliphatic imine (C=N–C) groups is 1. The normalized spacial score (nSPS) is 21.8. The first kappa shape index (κ1) is 21.0. The van der Waals surface area contributed by atoms with Gasteiger partial charge >= 0.3 is 16.4 Å². The highest BCUT2D eigenvalue weighted by molar-refractivity contribution is 7.80. The molecule has 0 unspecified atom stereocenters. The van der Waals surface area contributed by atoms with Crippen molar-refractivity contribution in [3.05, 3.63) is 17.5 Å². The molecule has 2 aliphatic heterocycles. The predicted octanol–water partition coefficient (Wildman–Crippen LogP) is 0.111. The summed E-state index contributed by atoms with van der Waals surface area (Å²) in [7, 11) is -1.64. The van der Waals surface area contributed by atoms with E-state index in [0.29, 0.717) is 28.8 Å². The molecule has 0 radical (unpaired) electrons. The summed E-state index contributed by atoms with van der Waals surface area (Å²) in [5.74, 6) is 0.479. The Morgan fingerprint density at radius 2 is 2.28 bits per heavy atom. The van der Waals surface area contributed by atoms with Crippen molar-refractivity contribution < 1.29 is 26.9 Å². The Balaban J connectivity index is 2.00. The quantitative estimate of drug-likeness (QED) is 0.194. The van der Waals surface area contributed by atoms with Gasteiger partial charge in [-0.15, -0.1) is 4.28 Å². The number of carbonyl (C=O) groups excluding carboxylic acids is 1. The third-order valence-electron chi connectivity index (χ3n) is 4.56. The van der Waals surface area contributed by atoms with Crippen molar-refractivity contribution in [2.24, 2.45) is 10.1 Å². The molecule has 13 nitrogen and oxygen atoms in total. The van der Waals surface area contributed by atoms with Gasteiger partial charge in [-0.1, -0.05) is 12.1 Å². The zero-order chi connectivity index (χ0) is 21.2. The number of oxime groups is 1. The Bertz CT molecular complexity index is 928. The van der Waals surface area contributed by atoms with E-state index in [4.69, 9.17) is 9.39 Å². The first-order chi connectivity index (χ1) is 13.8. The molecule has 2 bridgehead atoms. The molecule has 2 amide bonds. The highest BCUT2D eigenvalue weighted by Crippen LogP contribution is 2.44. The molecule has 0 spiro atoms. The van der Waals surface area contributed by atoms with Crippen LogP contribution in [0.4, 0.5) is 4.79 Å². The topological polar surface area (TPSA) is 151 Å². The Kier molecular flexibility index (Phi) is 6.04. The van der Waals surface area contributed by atoms with E-state index in [1.54, 1.807) is 25.0 Å². The number of amides is 2. The molecule has 2 aliphatic rings. The van der Waals surface area contributed by atoms with Gasteiger partial charge in [0.15, 0.2) is 0 Å². The monoisotopic (exact) mass is 429 g/mol. The van der Waals surface area contributed by atoms with Crippen molar-refractivity contribution in [2.45, 2.75) is 32.0 Å². The van der Waals surface area contributed by atoms with E-state index in [1.165, 1.54) is 11.1 Å². The van der Waals surface area contributed by atoms with Crippen molar-refractivity contribution in [3.8, 4) is 0 Å². The number of hydrogen-bond acceptors (Lipinski definition) is 8. The molecule has 160 valence electrons. The summed E-state index contributed by atoms with van der Waals surface area (Å²) in [5.41, 5.74) is 1.22. The zero-order valence-electron chi connectivity index (χ0n) is 16.2. The summed E-state index contributed by atoms with van der Waals surface area (Å²) < 4.78 is 37.7. The van der Waals surface area contributed by atoms with Gasteiger partial charge in [-0.2, -0.15) is 18.6 Å². The van der Waals surface area contributed by atoms with Crippen LogP contribution >= 0.6 is 0 Å². The summed E-state index contributed by atoms with van der Waals surface area (Å²) in [4.78, 5) is 23.5. The molecular formula is C15H23N7O6S. The molecule has 1 aromatic rings. The number of hydroxylamine groups is 2. The van der Waals surface area contributed by atoms with Gasteiger partial charge < -0.3 is 15.1 Å². The minimum Gasteiger partial charge on any atom is -0.396 e. The zero-order valence-corrected chi connectivity index (χ0v) is 17.0. The molecule has 1 saturated heterocycles. The van der Waals surface area contributed by atoms with Gasteiger partial charge in [-0.25, -0.2) is 4.79 Å². The van der Waals surface area contributed by atoms with E-state index >= 15 is 0 Å². The third kappa shape index (κ3) is 4.04. The lowest BCUT2D eigenvalue weighted by Gasteiger charge is -2.32. The number of nitrogens with zero attached hydrogens (tertiary/aromatic N) is 6. The number of likely N-dealkylation sites (N-methyl/N-ethyl adjacent to an activating group) is 1. The molecule has 1 fully saturated rings. The van der Waals surface area contributed by atoms with E-state index in [-0.39, 0.29) is 13.1 Å². The molecule has 14 heteroatoms. The first-order valence-corrected chi connectivity index (χ1v) is 10.3. The molecular weight excluding hydrogens is 406 g/mol. The van der Waals surface area contributed by atoms with E-state index in [1.807, 2.05) is 6.92 Å². The number of carbonyl (C=O) groups is 1. The van der Waals surface area contributed by atoms with Crippen molar-refractivity contribution in [1.29, 1.82) is 0 Å². The molecule has 1 aromatic heterocycles. The Morgan fingerprint density at radius 3 is 2.90 bits per heavy atom. The lowest BCUT2D eigenvalue weighted by molar-refractivity contribution is -0.0316. The van der Waals surface area contributed by atoms with Crippen LogP contribution in [-0.4, -0.2) is 78.0 Å². The summed E-state index contributed by atoms with van der Waals surface area (Å²) in [6.45, 7) is 2.88. The summed E-state index contributed by atoms with van der Waals surface area (Å²) >= 11 is 0. The van der Waals surface area contributed by atoms with E-state index < -0.39 is 28.5 Å². The average Bonchev–Trinajstić information content (AvgIpc) is 3.20. The number of amidine groups is 1. The third-order valence-corrected chi connectivity index (χ3v) is 4.91. The van der Waals surface area contributed by atoms with Crippen LogP contribution in [-0.2, 0) is 26.1 Å². The average molecular weight is 429 g/mol. The minimum atomic E-state index is -4.88. The van der Waals surface area contributed by atoms with Gasteiger partial charge in [-0.05, 0) is 6.42 Å². The fourth-order valence-electron chi connectivity index (χ4n) is 3.44. The largest absolute Gasteiger partial charge is 0.418 e. The number of aromatic nitrogens is 2. The second kappa shape index (κ2) is 8.34. The van der Waals surface area contributed by atoms with E-state index in [9.17, 15) is 13.2 Å². The van der Waals surface area contributed by atoms with Crippen LogP contribution in [0.1, 0.15) is 36.7 Å². The fourth-order valence-corrected chi connectivity index (χ4v) is 3.81. The van der Waals surface area contributed by atoms with Gasteiger partial charge in [0.2, 0.25) is 0 Å².